The summed E-state index contributed by atoms with van der Waals surface area (Å²) >= 11 is 0. The van der Waals surface area contributed by atoms with Crippen molar-refractivity contribution >= 4 is 10.8 Å². The van der Waals surface area contributed by atoms with Crippen LogP contribution in [0.5, 0.6) is 0 Å². The zero-order valence-corrected chi connectivity index (χ0v) is 10.6. The summed E-state index contributed by atoms with van der Waals surface area (Å²) in [6.45, 7) is 0. The molecule has 0 N–H and O–H groups in total. The molecule has 0 aliphatic carbocycles. The highest BCUT2D eigenvalue weighted by atomic mass is 32.2. The summed E-state index contributed by atoms with van der Waals surface area (Å²) in [6, 6.07) is 11.4. The first-order chi connectivity index (χ1) is 9.11. The van der Waals surface area contributed by atoms with Crippen molar-refractivity contribution in [3.8, 4) is 6.07 Å². The van der Waals surface area contributed by atoms with Crippen molar-refractivity contribution in [2.24, 2.45) is 0 Å². The number of halogens is 2. The Kier molecular flexibility index (Phi) is 4.03. The molecule has 0 aliphatic rings. The average molecular weight is 277 g/mol. The maximum atomic E-state index is 13.5. The fourth-order valence-electron chi connectivity index (χ4n) is 1.60. The van der Waals surface area contributed by atoms with E-state index in [2.05, 4.69) is 0 Å². The Labute approximate surface area is 111 Å². The molecule has 19 heavy (non-hydrogen) atoms. The summed E-state index contributed by atoms with van der Waals surface area (Å²) in [7, 11) is -1.69. The molecule has 2 rings (SSSR count). The number of rotatable bonds is 3. The first-order valence-electron chi connectivity index (χ1n) is 5.43. The molecule has 0 aliphatic heterocycles. The monoisotopic (exact) mass is 277 g/mol. The maximum Gasteiger partial charge on any atom is 0.139 e. The van der Waals surface area contributed by atoms with Crippen molar-refractivity contribution in [3.05, 3.63) is 65.2 Å². The van der Waals surface area contributed by atoms with Gasteiger partial charge in [-0.2, -0.15) is 5.26 Å². The normalized spacial score (nSPS) is 11.8. The highest BCUT2D eigenvalue weighted by molar-refractivity contribution is 7.84. The van der Waals surface area contributed by atoms with E-state index in [0.29, 0.717) is 0 Å². The molecule has 0 bridgehead atoms. The Morgan fingerprint density at radius 3 is 2.53 bits per heavy atom. The van der Waals surface area contributed by atoms with Crippen LogP contribution in [0.3, 0.4) is 0 Å². The lowest BCUT2D eigenvalue weighted by Crippen LogP contribution is -2.01. The molecule has 96 valence electrons. The van der Waals surface area contributed by atoms with Crippen LogP contribution in [0, 0.1) is 23.0 Å². The number of hydrogen-bond donors (Lipinski definition) is 0. The summed E-state index contributed by atoms with van der Waals surface area (Å²) in [5, 5.41) is 8.74. The van der Waals surface area contributed by atoms with E-state index < -0.39 is 22.4 Å². The van der Waals surface area contributed by atoms with Crippen LogP contribution >= 0.6 is 0 Å². The molecule has 2 aromatic rings. The number of benzene rings is 2. The van der Waals surface area contributed by atoms with Gasteiger partial charge in [-0.15, -0.1) is 0 Å². The Hall–Kier alpha value is -2.06. The van der Waals surface area contributed by atoms with Gasteiger partial charge in [0.1, 0.15) is 11.6 Å². The standard InChI is InChI=1S/C14H9F2NOS/c15-12-6-5-10(8-17)7-11(12)9-19(18)14-4-2-1-3-13(14)16/h1-7H,9H2. The summed E-state index contributed by atoms with van der Waals surface area (Å²) in [5.41, 5.74) is 0.419. The lowest BCUT2D eigenvalue weighted by Gasteiger charge is -2.05. The van der Waals surface area contributed by atoms with Gasteiger partial charge in [-0.3, -0.25) is 4.21 Å². The second kappa shape index (κ2) is 5.72. The lowest BCUT2D eigenvalue weighted by atomic mass is 10.1. The second-order valence-electron chi connectivity index (χ2n) is 3.84. The predicted molar refractivity (Wildman–Crippen MR) is 67.6 cm³/mol. The second-order valence-corrected chi connectivity index (χ2v) is 5.26. The van der Waals surface area contributed by atoms with Crippen molar-refractivity contribution in [2.45, 2.75) is 10.6 Å². The third-order valence-corrected chi connectivity index (χ3v) is 3.94. The van der Waals surface area contributed by atoms with Crippen LogP contribution in [-0.4, -0.2) is 4.21 Å². The van der Waals surface area contributed by atoms with Crippen LogP contribution in [0.2, 0.25) is 0 Å². The first kappa shape index (κ1) is 13.4. The van der Waals surface area contributed by atoms with Crippen LogP contribution in [0.4, 0.5) is 8.78 Å². The van der Waals surface area contributed by atoms with E-state index in [1.165, 1.54) is 30.3 Å². The molecule has 0 amide bonds. The fraction of sp³-hybridized carbons (Fsp3) is 0.0714. The largest absolute Gasteiger partial charge is 0.254 e. The smallest absolute Gasteiger partial charge is 0.139 e. The van der Waals surface area contributed by atoms with Crippen molar-refractivity contribution in [3.63, 3.8) is 0 Å². The molecule has 2 nitrogen and oxygen atoms in total. The van der Waals surface area contributed by atoms with Crippen molar-refractivity contribution < 1.29 is 13.0 Å². The van der Waals surface area contributed by atoms with Gasteiger partial charge in [0.25, 0.3) is 0 Å². The summed E-state index contributed by atoms with van der Waals surface area (Å²) in [5.74, 6) is -1.30. The molecule has 1 atom stereocenters. The SMILES string of the molecule is N#Cc1ccc(F)c(CS(=O)c2ccccc2F)c1. The van der Waals surface area contributed by atoms with Gasteiger partial charge in [-0.1, -0.05) is 12.1 Å². The Morgan fingerprint density at radius 2 is 1.84 bits per heavy atom. The van der Waals surface area contributed by atoms with E-state index >= 15 is 0 Å². The minimum Gasteiger partial charge on any atom is -0.254 e. The van der Waals surface area contributed by atoms with Gasteiger partial charge < -0.3 is 0 Å². The highest BCUT2D eigenvalue weighted by Gasteiger charge is 2.13. The Bertz CT molecular complexity index is 679. The van der Waals surface area contributed by atoms with Crippen molar-refractivity contribution in [2.75, 3.05) is 0 Å². The van der Waals surface area contributed by atoms with Crippen LogP contribution in [-0.2, 0) is 16.6 Å². The Morgan fingerprint density at radius 1 is 1.11 bits per heavy atom. The number of nitriles is 1. The van der Waals surface area contributed by atoms with Crippen molar-refractivity contribution in [1.29, 1.82) is 5.26 Å². The predicted octanol–water partition coefficient (Wildman–Crippen LogP) is 3.14. The molecule has 0 radical (unpaired) electrons. The third kappa shape index (κ3) is 3.04. The molecule has 2 aromatic carbocycles. The quantitative estimate of drug-likeness (QED) is 0.864. The molecule has 0 fully saturated rings. The van der Waals surface area contributed by atoms with Crippen molar-refractivity contribution in [1.82, 2.24) is 0 Å². The van der Waals surface area contributed by atoms with Crippen LogP contribution in [0.15, 0.2) is 47.4 Å². The lowest BCUT2D eigenvalue weighted by molar-refractivity contribution is 0.593. The average Bonchev–Trinajstić information content (AvgIpc) is 2.41. The molecular formula is C14H9F2NOS. The van der Waals surface area contributed by atoms with Gasteiger partial charge in [-0.05, 0) is 30.3 Å². The number of nitrogens with zero attached hydrogens (tertiary/aromatic N) is 1. The summed E-state index contributed by atoms with van der Waals surface area (Å²) in [6.07, 6.45) is 0. The van der Waals surface area contributed by atoms with Crippen LogP contribution in [0.1, 0.15) is 11.1 Å². The first-order valence-corrected chi connectivity index (χ1v) is 6.75. The van der Waals surface area contributed by atoms with Gasteiger partial charge in [0.2, 0.25) is 0 Å². The topological polar surface area (TPSA) is 40.9 Å². The molecule has 0 heterocycles. The number of hydrogen-bond acceptors (Lipinski definition) is 2. The van der Waals surface area contributed by atoms with E-state index in [-0.39, 0.29) is 21.8 Å². The van der Waals surface area contributed by atoms with E-state index in [1.807, 2.05) is 6.07 Å². The molecule has 5 heteroatoms. The van der Waals surface area contributed by atoms with Crippen LogP contribution < -0.4 is 0 Å². The van der Waals surface area contributed by atoms with E-state index in [1.54, 1.807) is 6.07 Å². The van der Waals surface area contributed by atoms with Crippen LogP contribution in [0.25, 0.3) is 0 Å². The minimum absolute atomic E-state index is 0.0317. The molecular weight excluding hydrogens is 268 g/mol. The molecule has 0 saturated heterocycles. The highest BCUT2D eigenvalue weighted by Crippen LogP contribution is 2.18. The van der Waals surface area contributed by atoms with Gasteiger partial charge >= 0.3 is 0 Å². The van der Waals surface area contributed by atoms with E-state index in [0.717, 1.165) is 6.07 Å². The van der Waals surface area contributed by atoms with Gasteiger partial charge in [0.05, 0.1) is 33.1 Å². The fourth-order valence-corrected chi connectivity index (χ4v) is 2.78. The third-order valence-electron chi connectivity index (χ3n) is 2.54. The maximum absolute atomic E-state index is 13.5. The minimum atomic E-state index is -1.69. The molecule has 1 unspecified atom stereocenters. The molecule has 0 aromatic heterocycles. The van der Waals surface area contributed by atoms with Gasteiger partial charge in [-0.25, -0.2) is 8.78 Å². The molecule has 0 spiro atoms. The van der Waals surface area contributed by atoms with E-state index in [4.69, 9.17) is 5.26 Å². The zero-order chi connectivity index (χ0) is 13.8. The zero-order valence-electron chi connectivity index (χ0n) is 9.77. The van der Waals surface area contributed by atoms with Gasteiger partial charge in [0, 0.05) is 5.56 Å². The Balaban J connectivity index is 2.30. The summed E-state index contributed by atoms with van der Waals surface area (Å²) < 4.78 is 39.0. The summed E-state index contributed by atoms with van der Waals surface area (Å²) in [4.78, 5) is 0.0317. The van der Waals surface area contributed by atoms with E-state index in [9.17, 15) is 13.0 Å². The molecule has 0 saturated carbocycles. The van der Waals surface area contributed by atoms with Gasteiger partial charge in [0.15, 0.2) is 0 Å².